The summed E-state index contributed by atoms with van der Waals surface area (Å²) in [6, 6.07) is 22.3. The van der Waals surface area contributed by atoms with Gasteiger partial charge in [-0.05, 0) is 66.3 Å². The molecule has 0 spiro atoms. The lowest BCUT2D eigenvalue weighted by Crippen LogP contribution is -2.29. The van der Waals surface area contributed by atoms with Gasteiger partial charge in [0.05, 0.1) is 22.3 Å². The predicted octanol–water partition coefficient (Wildman–Crippen LogP) is 7.79. The van der Waals surface area contributed by atoms with Gasteiger partial charge < -0.3 is 9.88 Å². The Hall–Kier alpha value is -4.49. The number of nitrogens with zero attached hydrogens (tertiary/aromatic N) is 2. The van der Waals surface area contributed by atoms with Crippen molar-refractivity contribution in [2.75, 3.05) is 11.1 Å². The van der Waals surface area contributed by atoms with Crippen LogP contribution in [0.2, 0.25) is 0 Å². The van der Waals surface area contributed by atoms with Crippen molar-refractivity contribution in [3.8, 4) is 11.1 Å². The largest absolute Gasteiger partial charge is 0.355 e. The summed E-state index contributed by atoms with van der Waals surface area (Å²) >= 11 is 1.85. The highest BCUT2D eigenvalue weighted by Crippen LogP contribution is 2.44. The normalized spacial score (nSPS) is 11.9. The van der Waals surface area contributed by atoms with Crippen molar-refractivity contribution >= 4 is 45.6 Å². The van der Waals surface area contributed by atoms with Crippen LogP contribution in [0.3, 0.4) is 0 Å². The van der Waals surface area contributed by atoms with Gasteiger partial charge in [-0.25, -0.2) is 0 Å². The van der Waals surface area contributed by atoms with E-state index in [0.29, 0.717) is 44.4 Å². The lowest BCUT2D eigenvalue weighted by Gasteiger charge is -2.25. The molecule has 0 amide bonds. The molecule has 0 bridgehead atoms. The Morgan fingerprint density at radius 1 is 0.857 bits per heavy atom. The fourth-order valence-corrected chi connectivity index (χ4v) is 6.56. The average Bonchev–Trinajstić information content (AvgIpc) is 3.02. The second-order valence-corrected chi connectivity index (χ2v) is 11.7. The van der Waals surface area contributed by atoms with Gasteiger partial charge in [0.2, 0.25) is 0 Å². The zero-order chi connectivity index (χ0) is 29.2. The molecule has 0 aliphatic heterocycles. The number of pyridine rings is 2. The number of benzene rings is 3. The summed E-state index contributed by atoms with van der Waals surface area (Å²) in [4.78, 5) is 46.9. The number of hydrogen-bond donors (Lipinski definition) is 1. The zero-order valence-electron chi connectivity index (χ0n) is 23.6. The minimum Gasteiger partial charge on any atom is -0.355 e. The Labute approximate surface area is 248 Å². The van der Waals surface area contributed by atoms with E-state index in [0.717, 1.165) is 11.4 Å². The fraction of sp³-hybridized carbons (Fsp3) is 0.200. The topological polar surface area (TPSA) is 81.1 Å². The van der Waals surface area contributed by atoms with Gasteiger partial charge in [-0.15, -0.1) is 11.8 Å². The molecule has 1 aliphatic carbocycles. The summed E-state index contributed by atoms with van der Waals surface area (Å²) < 4.78 is 1.47. The number of anilines is 2. The number of aryl methyl sites for hydroxylation is 1. The highest BCUT2D eigenvalue weighted by atomic mass is 32.2. The maximum Gasteiger partial charge on any atom is 0.262 e. The number of unbranched alkanes of at least 4 members (excludes halogenated alkanes) is 3. The maximum atomic E-state index is 14.1. The number of carbonyl (C=O) groups is 2. The van der Waals surface area contributed by atoms with E-state index < -0.39 is 11.3 Å². The molecule has 5 aromatic rings. The van der Waals surface area contributed by atoms with Crippen molar-refractivity contribution in [3.63, 3.8) is 0 Å². The van der Waals surface area contributed by atoms with E-state index in [1.165, 1.54) is 47.5 Å². The first-order valence-electron chi connectivity index (χ1n) is 14.3. The predicted molar refractivity (Wildman–Crippen MR) is 170 cm³/mol. The molecular formula is C35H31N3O3S. The molecule has 3 aromatic carbocycles. The van der Waals surface area contributed by atoms with Crippen LogP contribution in [0, 0.1) is 0 Å². The Morgan fingerprint density at radius 2 is 1.60 bits per heavy atom. The number of aromatic nitrogens is 2. The van der Waals surface area contributed by atoms with Crippen LogP contribution in [0.15, 0.2) is 94.9 Å². The van der Waals surface area contributed by atoms with Crippen molar-refractivity contribution in [3.05, 3.63) is 118 Å². The van der Waals surface area contributed by atoms with Gasteiger partial charge in [0, 0.05) is 52.1 Å². The molecule has 0 radical (unpaired) electrons. The van der Waals surface area contributed by atoms with Crippen LogP contribution in [0.5, 0.6) is 0 Å². The summed E-state index contributed by atoms with van der Waals surface area (Å²) in [5.41, 5.74) is 4.10. The Balaban J connectivity index is 1.47. The highest BCUT2D eigenvalue weighted by Gasteiger charge is 2.33. The third-order valence-electron chi connectivity index (χ3n) is 7.80. The van der Waals surface area contributed by atoms with Gasteiger partial charge in [0.25, 0.3) is 5.56 Å². The number of fused-ring (bicyclic) bond motifs is 2. The molecule has 1 N–H and O–H groups in total. The summed E-state index contributed by atoms with van der Waals surface area (Å²) in [6.07, 6.45) is 8.04. The van der Waals surface area contributed by atoms with Gasteiger partial charge in [0.15, 0.2) is 11.6 Å². The number of carbonyl (C=O) groups excluding carboxylic acids is 2. The van der Waals surface area contributed by atoms with Crippen LogP contribution in [0.1, 0.15) is 64.4 Å². The molecule has 6 rings (SSSR count). The smallest absolute Gasteiger partial charge is 0.262 e. The van der Waals surface area contributed by atoms with E-state index in [-0.39, 0.29) is 11.3 Å². The molecule has 2 heterocycles. The Kier molecular flexibility index (Phi) is 7.76. The first-order valence-corrected chi connectivity index (χ1v) is 15.3. The third kappa shape index (κ3) is 4.94. The molecule has 2 aromatic heterocycles. The van der Waals surface area contributed by atoms with Gasteiger partial charge in [-0.2, -0.15) is 0 Å². The van der Waals surface area contributed by atoms with E-state index in [4.69, 9.17) is 0 Å². The van der Waals surface area contributed by atoms with Crippen molar-refractivity contribution in [1.29, 1.82) is 0 Å². The standard InChI is InChI=1S/C35H31N3O3S/c1-3-4-5-8-21-42-24-13-11-23(12-14-24)37-27-15-16-28-31-29(25-9-6-7-10-26(25)34(40)30(27)31)32(35(41)38(28)2)33(39)22-17-19-36-20-18-22/h6-7,9-20,37H,3-5,8,21H2,1-2H3. The molecule has 0 saturated carbocycles. The van der Waals surface area contributed by atoms with E-state index in [1.807, 2.05) is 48.2 Å². The van der Waals surface area contributed by atoms with Crippen LogP contribution in [-0.2, 0) is 7.05 Å². The molecular weight excluding hydrogens is 542 g/mol. The van der Waals surface area contributed by atoms with Crippen LogP contribution >= 0.6 is 11.8 Å². The lowest BCUT2D eigenvalue weighted by atomic mass is 9.80. The molecule has 7 heteroatoms. The number of thioether (sulfide) groups is 1. The number of nitrogens with one attached hydrogen (secondary N) is 1. The van der Waals surface area contributed by atoms with E-state index in [9.17, 15) is 14.4 Å². The summed E-state index contributed by atoms with van der Waals surface area (Å²) in [5.74, 6) is 0.551. The van der Waals surface area contributed by atoms with E-state index in [2.05, 4.69) is 29.4 Å². The van der Waals surface area contributed by atoms with E-state index in [1.54, 1.807) is 31.3 Å². The number of ketones is 2. The SMILES string of the molecule is CCCCCCSc1ccc(Nc2ccc3c4c2C(=O)c2ccccc2-c4c(C(=O)c2ccncc2)c(=O)n3C)cc1. The van der Waals surface area contributed by atoms with Crippen LogP contribution in [0.4, 0.5) is 11.4 Å². The number of hydrogen-bond acceptors (Lipinski definition) is 6. The van der Waals surface area contributed by atoms with Crippen LogP contribution in [0.25, 0.3) is 22.0 Å². The third-order valence-corrected chi connectivity index (χ3v) is 8.90. The van der Waals surface area contributed by atoms with Crippen LogP contribution in [-0.4, -0.2) is 26.9 Å². The minimum absolute atomic E-state index is 0.0508. The lowest BCUT2D eigenvalue weighted by molar-refractivity contribution is 0.102. The van der Waals surface area contributed by atoms with Gasteiger partial charge in [-0.3, -0.25) is 19.4 Å². The summed E-state index contributed by atoms with van der Waals surface area (Å²) in [5, 5.41) is 4.05. The Morgan fingerprint density at radius 3 is 2.33 bits per heavy atom. The molecule has 0 fully saturated rings. The van der Waals surface area contributed by atoms with Crippen molar-refractivity contribution < 1.29 is 9.59 Å². The molecule has 0 unspecified atom stereocenters. The van der Waals surface area contributed by atoms with E-state index >= 15 is 0 Å². The van der Waals surface area contributed by atoms with Crippen molar-refractivity contribution in [1.82, 2.24) is 9.55 Å². The van der Waals surface area contributed by atoms with Gasteiger partial charge >= 0.3 is 0 Å². The fourth-order valence-electron chi connectivity index (χ4n) is 5.64. The Bertz CT molecular complexity index is 1880. The van der Waals surface area contributed by atoms with Crippen molar-refractivity contribution in [2.24, 2.45) is 7.05 Å². The highest BCUT2D eigenvalue weighted by molar-refractivity contribution is 7.99. The monoisotopic (exact) mass is 573 g/mol. The minimum atomic E-state index is -0.405. The quantitative estimate of drug-likeness (QED) is 0.102. The van der Waals surface area contributed by atoms with Crippen LogP contribution < -0.4 is 10.9 Å². The van der Waals surface area contributed by atoms with Gasteiger partial charge in [-0.1, -0.05) is 50.5 Å². The second kappa shape index (κ2) is 11.8. The first kappa shape index (κ1) is 27.7. The molecule has 1 aliphatic rings. The average molecular weight is 574 g/mol. The summed E-state index contributed by atoms with van der Waals surface area (Å²) in [6.45, 7) is 2.22. The molecule has 0 atom stereocenters. The molecule has 6 nitrogen and oxygen atoms in total. The number of rotatable bonds is 10. The molecule has 210 valence electrons. The first-order chi connectivity index (χ1) is 20.5. The molecule has 42 heavy (non-hydrogen) atoms. The molecule has 0 saturated heterocycles. The second-order valence-electron chi connectivity index (χ2n) is 10.5. The maximum absolute atomic E-state index is 14.1. The van der Waals surface area contributed by atoms with Gasteiger partial charge in [0.1, 0.15) is 0 Å². The summed E-state index contributed by atoms with van der Waals surface area (Å²) in [7, 11) is 1.64. The van der Waals surface area contributed by atoms with Crippen molar-refractivity contribution in [2.45, 2.75) is 37.5 Å². The zero-order valence-corrected chi connectivity index (χ0v) is 24.5.